The molecule has 0 spiro atoms. The van der Waals surface area contributed by atoms with Crippen molar-refractivity contribution in [3.05, 3.63) is 36.2 Å². The summed E-state index contributed by atoms with van der Waals surface area (Å²) in [5.41, 5.74) is 2.31. The van der Waals surface area contributed by atoms with Crippen molar-refractivity contribution in [1.82, 2.24) is 19.3 Å². The third-order valence-corrected chi connectivity index (χ3v) is 2.78. The summed E-state index contributed by atoms with van der Waals surface area (Å²) in [6, 6.07) is 2.72. The van der Waals surface area contributed by atoms with Crippen LogP contribution in [-0.4, -0.2) is 19.3 Å². The van der Waals surface area contributed by atoms with Crippen molar-refractivity contribution in [1.29, 1.82) is 0 Å². The van der Waals surface area contributed by atoms with E-state index in [1.807, 2.05) is 36.4 Å². The smallest absolute Gasteiger partial charge is 0.0951 e. The molecule has 3 rings (SSSR count). The molecule has 1 aliphatic carbocycles. The van der Waals surface area contributed by atoms with Crippen LogP contribution in [0.1, 0.15) is 30.3 Å². The molecule has 1 saturated carbocycles. The van der Waals surface area contributed by atoms with E-state index in [9.17, 15) is 0 Å². The number of hydrogen-bond donors (Lipinski definition) is 0. The lowest BCUT2D eigenvalue weighted by molar-refractivity contribution is 0.612. The predicted molar refractivity (Wildman–Crippen MR) is 56.6 cm³/mol. The summed E-state index contributed by atoms with van der Waals surface area (Å²) in [6.07, 6.45) is 8.47. The van der Waals surface area contributed by atoms with Crippen LogP contribution in [0.25, 0.3) is 0 Å². The van der Waals surface area contributed by atoms with Gasteiger partial charge < -0.3 is 4.57 Å². The molecule has 0 atom stereocenters. The highest BCUT2D eigenvalue weighted by atomic mass is 15.3. The van der Waals surface area contributed by atoms with E-state index in [1.54, 1.807) is 0 Å². The van der Waals surface area contributed by atoms with Crippen LogP contribution in [0.4, 0.5) is 0 Å². The summed E-state index contributed by atoms with van der Waals surface area (Å²) >= 11 is 0. The standard InChI is InChI=1S/C11H14N4/c1-9-4-5-14(13-9)7-11-6-12-8-15(11)10-2-3-10/h4-6,8,10H,2-3,7H2,1H3. The van der Waals surface area contributed by atoms with Crippen LogP contribution < -0.4 is 0 Å². The molecule has 0 N–H and O–H groups in total. The van der Waals surface area contributed by atoms with E-state index in [-0.39, 0.29) is 0 Å². The molecule has 2 heterocycles. The quantitative estimate of drug-likeness (QED) is 0.760. The first-order valence-corrected chi connectivity index (χ1v) is 5.34. The number of aromatic nitrogens is 4. The van der Waals surface area contributed by atoms with Crippen LogP contribution in [0, 0.1) is 6.92 Å². The lowest BCUT2D eigenvalue weighted by Gasteiger charge is -2.06. The monoisotopic (exact) mass is 202 g/mol. The van der Waals surface area contributed by atoms with E-state index < -0.39 is 0 Å². The maximum Gasteiger partial charge on any atom is 0.0951 e. The molecule has 0 aliphatic heterocycles. The van der Waals surface area contributed by atoms with Crippen molar-refractivity contribution in [2.75, 3.05) is 0 Å². The van der Waals surface area contributed by atoms with Crippen molar-refractivity contribution < 1.29 is 0 Å². The average molecular weight is 202 g/mol. The van der Waals surface area contributed by atoms with Gasteiger partial charge in [0.05, 0.1) is 30.5 Å². The molecule has 2 aromatic rings. The number of imidazole rings is 1. The Balaban J connectivity index is 1.84. The Bertz CT molecular complexity index is 464. The highest BCUT2D eigenvalue weighted by Crippen LogP contribution is 2.35. The lowest BCUT2D eigenvalue weighted by atomic mass is 10.4. The van der Waals surface area contributed by atoms with Crippen LogP contribution in [-0.2, 0) is 6.54 Å². The molecule has 2 aromatic heterocycles. The van der Waals surface area contributed by atoms with Gasteiger partial charge in [0.1, 0.15) is 0 Å². The van der Waals surface area contributed by atoms with Crippen LogP contribution in [0.5, 0.6) is 0 Å². The Labute approximate surface area is 88.6 Å². The highest BCUT2D eigenvalue weighted by Gasteiger charge is 2.25. The first-order valence-electron chi connectivity index (χ1n) is 5.34. The third-order valence-electron chi connectivity index (χ3n) is 2.78. The zero-order chi connectivity index (χ0) is 10.3. The second-order valence-electron chi connectivity index (χ2n) is 4.18. The van der Waals surface area contributed by atoms with Crippen LogP contribution in [0.2, 0.25) is 0 Å². The summed E-state index contributed by atoms with van der Waals surface area (Å²) in [5, 5.41) is 4.38. The first-order chi connectivity index (χ1) is 7.33. The minimum absolute atomic E-state index is 0.694. The number of hydrogen-bond acceptors (Lipinski definition) is 2. The van der Waals surface area contributed by atoms with E-state index >= 15 is 0 Å². The molecular weight excluding hydrogens is 188 g/mol. The van der Waals surface area contributed by atoms with E-state index in [4.69, 9.17) is 0 Å². The Hall–Kier alpha value is -1.58. The van der Waals surface area contributed by atoms with Crippen LogP contribution in [0.3, 0.4) is 0 Å². The van der Waals surface area contributed by atoms with E-state index in [0.717, 1.165) is 12.2 Å². The van der Waals surface area contributed by atoms with Gasteiger partial charge in [-0.1, -0.05) is 0 Å². The summed E-state index contributed by atoms with van der Waals surface area (Å²) in [4.78, 5) is 4.21. The predicted octanol–water partition coefficient (Wildman–Crippen LogP) is 1.77. The zero-order valence-electron chi connectivity index (χ0n) is 8.80. The Morgan fingerprint density at radius 1 is 1.47 bits per heavy atom. The van der Waals surface area contributed by atoms with Gasteiger partial charge in [-0.3, -0.25) is 4.68 Å². The van der Waals surface area contributed by atoms with Gasteiger partial charge >= 0.3 is 0 Å². The Morgan fingerprint density at radius 3 is 3.00 bits per heavy atom. The Kier molecular flexibility index (Phi) is 1.87. The molecule has 1 aliphatic rings. The highest BCUT2D eigenvalue weighted by molar-refractivity contribution is 5.05. The molecule has 15 heavy (non-hydrogen) atoms. The molecule has 0 bridgehead atoms. The molecule has 1 fully saturated rings. The van der Waals surface area contributed by atoms with Crippen molar-refractivity contribution in [3.8, 4) is 0 Å². The zero-order valence-corrected chi connectivity index (χ0v) is 8.80. The van der Waals surface area contributed by atoms with Gasteiger partial charge in [0.2, 0.25) is 0 Å². The molecule has 0 saturated heterocycles. The van der Waals surface area contributed by atoms with E-state index in [0.29, 0.717) is 6.04 Å². The van der Waals surface area contributed by atoms with Crippen LogP contribution >= 0.6 is 0 Å². The van der Waals surface area contributed by atoms with E-state index in [2.05, 4.69) is 14.6 Å². The summed E-state index contributed by atoms with van der Waals surface area (Å²) in [5.74, 6) is 0. The van der Waals surface area contributed by atoms with Crippen LogP contribution in [0.15, 0.2) is 24.8 Å². The molecule has 0 unspecified atom stereocenters. The fourth-order valence-corrected chi connectivity index (χ4v) is 1.85. The van der Waals surface area contributed by atoms with Gasteiger partial charge in [0, 0.05) is 12.2 Å². The summed E-state index contributed by atoms with van der Waals surface area (Å²) in [7, 11) is 0. The largest absolute Gasteiger partial charge is 0.330 e. The molecule has 4 heteroatoms. The van der Waals surface area contributed by atoms with Gasteiger partial charge in [-0.15, -0.1) is 0 Å². The maximum atomic E-state index is 4.38. The molecular formula is C11H14N4. The molecule has 0 aromatic carbocycles. The second-order valence-corrected chi connectivity index (χ2v) is 4.18. The SMILES string of the molecule is Cc1ccn(Cc2cncn2C2CC2)n1. The average Bonchev–Trinajstić information content (AvgIpc) is 2.83. The molecule has 0 amide bonds. The molecule has 0 radical (unpaired) electrons. The number of rotatable bonds is 3. The first kappa shape index (κ1) is 8.71. The molecule has 4 nitrogen and oxygen atoms in total. The minimum atomic E-state index is 0.694. The van der Waals surface area contributed by atoms with Crippen molar-refractivity contribution in [2.24, 2.45) is 0 Å². The normalized spacial score (nSPS) is 15.8. The third kappa shape index (κ3) is 1.67. The minimum Gasteiger partial charge on any atom is -0.330 e. The van der Waals surface area contributed by atoms with Crippen molar-refractivity contribution in [2.45, 2.75) is 32.4 Å². The lowest BCUT2D eigenvalue weighted by Crippen LogP contribution is -2.06. The van der Waals surface area contributed by atoms with Gasteiger partial charge in [0.25, 0.3) is 0 Å². The number of aryl methyl sites for hydroxylation is 1. The Morgan fingerprint density at radius 2 is 2.33 bits per heavy atom. The van der Waals surface area contributed by atoms with E-state index in [1.165, 1.54) is 18.5 Å². The number of nitrogens with zero attached hydrogens (tertiary/aromatic N) is 4. The summed E-state index contributed by atoms with van der Waals surface area (Å²) in [6.45, 7) is 2.83. The van der Waals surface area contributed by atoms with Crippen molar-refractivity contribution >= 4 is 0 Å². The maximum absolute atomic E-state index is 4.38. The topological polar surface area (TPSA) is 35.6 Å². The van der Waals surface area contributed by atoms with Crippen molar-refractivity contribution in [3.63, 3.8) is 0 Å². The fourth-order valence-electron chi connectivity index (χ4n) is 1.85. The van der Waals surface area contributed by atoms with Gasteiger partial charge in [-0.25, -0.2) is 4.98 Å². The van der Waals surface area contributed by atoms with Gasteiger partial charge in [-0.05, 0) is 25.8 Å². The van der Waals surface area contributed by atoms with Gasteiger partial charge in [-0.2, -0.15) is 5.10 Å². The molecule has 78 valence electrons. The van der Waals surface area contributed by atoms with Gasteiger partial charge in [0.15, 0.2) is 0 Å². The summed E-state index contributed by atoms with van der Waals surface area (Å²) < 4.78 is 4.24. The fraction of sp³-hybridized carbons (Fsp3) is 0.455. The second kappa shape index (κ2) is 3.22.